The van der Waals surface area contributed by atoms with E-state index in [0.717, 1.165) is 24.6 Å². The van der Waals surface area contributed by atoms with E-state index in [1.165, 1.54) is 0 Å². The second-order valence-corrected chi connectivity index (χ2v) is 8.35. The molecular weight excluding hydrogens is 392 g/mol. The van der Waals surface area contributed by atoms with Gasteiger partial charge in [0.1, 0.15) is 0 Å². The van der Waals surface area contributed by atoms with E-state index in [2.05, 4.69) is 15.6 Å². The van der Waals surface area contributed by atoms with Crippen molar-refractivity contribution < 1.29 is 14.3 Å². The zero-order chi connectivity index (χ0) is 20.8. The number of nitrogens with one attached hydrogen (secondary N) is 2. The fourth-order valence-corrected chi connectivity index (χ4v) is 3.85. The molecule has 3 amide bonds. The van der Waals surface area contributed by atoms with E-state index in [0.29, 0.717) is 41.7 Å². The molecule has 0 saturated carbocycles. The molecule has 0 unspecified atom stereocenters. The van der Waals surface area contributed by atoms with Gasteiger partial charge >= 0.3 is 6.03 Å². The summed E-state index contributed by atoms with van der Waals surface area (Å²) in [5.41, 5.74) is 0.433. The molecule has 1 fully saturated rings. The molecule has 0 radical (unpaired) electrons. The third kappa shape index (κ3) is 5.80. The SMILES string of the molecule is CC(C)CNC(=O)NC(=O)CSc1nc2ccccc2c(=O)n1C[C@H]1CCCO1. The Morgan fingerprint density at radius 3 is 2.86 bits per heavy atom. The van der Waals surface area contributed by atoms with Crippen molar-refractivity contribution in [3.8, 4) is 0 Å². The molecule has 2 N–H and O–H groups in total. The standard InChI is InChI=1S/C20H26N4O4S/c1-13(2)10-21-19(27)23-17(25)12-29-20-22-16-8-4-3-7-15(16)18(26)24(20)11-14-6-5-9-28-14/h3-4,7-8,13-14H,5-6,9-12H2,1-2H3,(H2,21,23,25,27)/t14-/m1/s1. The Hall–Kier alpha value is -2.39. The molecule has 1 aromatic carbocycles. The Morgan fingerprint density at radius 1 is 1.34 bits per heavy atom. The number of fused-ring (bicyclic) bond motifs is 1. The number of benzene rings is 1. The first kappa shape index (κ1) is 21.3. The summed E-state index contributed by atoms with van der Waals surface area (Å²) in [5, 5.41) is 5.92. The molecular formula is C20H26N4O4S. The molecule has 0 bridgehead atoms. The van der Waals surface area contributed by atoms with E-state index in [1.807, 2.05) is 19.9 Å². The smallest absolute Gasteiger partial charge is 0.321 e. The highest BCUT2D eigenvalue weighted by atomic mass is 32.2. The minimum absolute atomic E-state index is 0.0224. The summed E-state index contributed by atoms with van der Waals surface area (Å²) in [4.78, 5) is 41.5. The first-order chi connectivity index (χ1) is 13.9. The van der Waals surface area contributed by atoms with Crippen molar-refractivity contribution in [2.75, 3.05) is 18.9 Å². The predicted molar refractivity (Wildman–Crippen MR) is 112 cm³/mol. The largest absolute Gasteiger partial charge is 0.376 e. The van der Waals surface area contributed by atoms with Crippen LogP contribution in [0.1, 0.15) is 26.7 Å². The maximum atomic E-state index is 13.0. The number of thioether (sulfide) groups is 1. The lowest BCUT2D eigenvalue weighted by atomic mass is 10.2. The highest BCUT2D eigenvalue weighted by Gasteiger charge is 2.21. The van der Waals surface area contributed by atoms with E-state index in [1.54, 1.807) is 22.8 Å². The number of nitrogens with zero attached hydrogens (tertiary/aromatic N) is 2. The average Bonchev–Trinajstić information content (AvgIpc) is 3.20. The van der Waals surface area contributed by atoms with E-state index in [-0.39, 0.29) is 17.4 Å². The van der Waals surface area contributed by atoms with Gasteiger partial charge in [0.05, 0.1) is 29.3 Å². The summed E-state index contributed by atoms with van der Waals surface area (Å²) in [5.74, 6) is -0.174. The maximum absolute atomic E-state index is 13.0. The molecule has 2 heterocycles. The van der Waals surface area contributed by atoms with Crippen LogP contribution in [0.3, 0.4) is 0 Å². The van der Waals surface area contributed by atoms with Crippen LogP contribution in [0.2, 0.25) is 0 Å². The van der Waals surface area contributed by atoms with Crippen molar-refractivity contribution in [2.45, 2.75) is 44.5 Å². The van der Waals surface area contributed by atoms with Gasteiger partial charge in [0.2, 0.25) is 5.91 Å². The molecule has 3 rings (SSSR count). The van der Waals surface area contributed by atoms with Crippen LogP contribution in [0.25, 0.3) is 10.9 Å². The Labute approximate surface area is 173 Å². The van der Waals surface area contributed by atoms with Gasteiger partial charge in [-0.05, 0) is 30.9 Å². The van der Waals surface area contributed by atoms with Gasteiger partial charge in [-0.1, -0.05) is 37.7 Å². The highest BCUT2D eigenvalue weighted by molar-refractivity contribution is 7.99. The Morgan fingerprint density at radius 2 is 2.14 bits per heavy atom. The second kappa shape index (κ2) is 9.89. The van der Waals surface area contributed by atoms with Crippen LogP contribution in [-0.2, 0) is 16.1 Å². The zero-order valence-corrected chi connectivity index (χ0v) is 17.5. The van der Waals surface area contributed by atoms with Gasteiger partial charge < -0.3 is 10.1 Å². The first-order valence-electron chi connectivity index (χ1n) is 9.75. The summed E-state index contributed by atoms with van der Waals surface area (Å²) in [6.07, 6.45) is 1.82. The molecule has 1 atom stereocenters. The molecule has 1 aliphatic heterocycles. The van der Waals surface area contributed by atoms with Crippen molar-refractivity contribution in [3.05, 3.63) is 34.6 Å². The van der Waals surface area contributed by atoms with Crippen LogP contribution in [0.5, 0.6) is 0 Å². The Bertz CT molecular complexity index is 938. The minimum Gasteiger partial charge on any atom is -0.376 e. The fourth-order valence-electron chi connectivity index (χ4n) is 3.04. The number of hydrogen-bond donors (Lipinski definition) is 2. The number of amides is 3. The number of aromatic nitrogens is 2. The number of rotatable bonds is 7. The van der Waals surface area contributed by atoms with Crippen LogP contribution in [0.15, 0.2) is 34.2 Å². The number of imide groups is 1. The number of carbonyl (C=O) groups is 2. The van der Waals surface area contributed by atoms with Crippen molar-refractivity contribution in [1.29, 1.82) is 0 Å². The lowest BCUT2D eigenvalue weighted by Crippen LogP contribution is -2.41. The lowest BCUT2D eigenvalue weighted by Gasteiger charge is -2.16. The van der Waals surface area contributed by atoms with Crippen molar-refractivity contribution in [1.82, 2.24) is 20.2 Å². The van der Waals surface area contributed by atoms with Gasteiger partial charge in [-0.2, -0.15) is 0 Å². The molecule has 156 valence electrons. The van der Waals surface area contributed by atoms with E-state index in [9.17, 15) is 14.4 Å². The Kier molecular flexibility index (Phi) is 7.27. The summed E-state index contributed by atoms with van der Waals surface area (Å²) < 4.78 is 7.25. The lowest BCUT2D eigenvalue weighted by molar-refractivity contribution is -0.117. The summed E-state index contributed by atoms with van der Waals surface area (Å²) in [6, 6.07) is 6.62. The summed E-state index contributed by atoms with van der Waals surface area (Å²) in [6.45, 7) is 5.51. The molecule has 8 nitrogen and oxygen atoms in total. The number of carbonyl (C=O) groups excluding carboxylic acids is 2. The van der Waals surface area contributed by atoms with Gasteiger partial charge in [-0.15, -0.1) is 0 Å². The summed E-state index contributed by atoms with van der Waals surface area (Å²) in [7, 11) is 0. The van der Waals surface area contributed by atoms with Crippen molar-refractivity contribution in [2.24, 2.45) is 5.92 Å². The normalized spacial score (nSPS) is 16.3. The molecule has 29 heavy (non-hydrogen) atoms. The number of ether oxygens (including phenoxy) is 1. The van der Waals surface area contributed by atoms with Gasteiger partial charge in [-0.25, -0.2) is 9.78 Å². The third-order valence-corrected chi connectivity index (χ3v) is 5.47. The Balaban J connectivity index is 1.74. The molecule has 1 saturated heterocycles. The van der Waals surface area contributed by atoms with E-state index in [4.69, 9.17) is 4.74 Å². The topological polar surface area (TPSA) is 102 Å². The zero-order valence-electron chi connectivity index (χ0n) is 16.6. The number of para-hydroxylation sites is 1. The molecule has 9 heteroatoms. The monoisotopic (exact) mass is 418 g/mol. The average molecular weight is 419 g/mol. The van der Waals surface area contributed by atoms with Crippen LogP contribution in [-0.4, -0.2) is 46.5 Å². The summed E-state index contributed by atoms with van der Waals surface area (Å²) >= 11 is 1.14. The first-order valence-corrected chi connectivity index (χ1v) is 10.7. The highest BCUT2D eigenvalue weighted by Crippen LogP contribution is 2.20. The van der Waals surface area contributed by atoms with Gasteiger partial charge in [0.15, 0.2) is 5.16 Å². The molecule has 1 aliphatic rings. The van der Waals surface area contributed by atoms with Crippen LogP contribution >= 0.6 is 11.8 Å². The van der Waals surface area contributed by atoms with Crippen LogP contribution in [0, 0.1) is 5.92 Å². The number of urea groups is 1. The fraction of sp³-hybridized carbons (Fsp3) is 0.500. The van der Waals surface area contributed by atoms with Gasteiger partial charge in [-0.3, -0.25) is 19.5 Å². The van der Waals surface area contributed by atoms with E-state index < -0.39 is 11.9 Å². The van der Waals surface area contributed by atoms with Crippen LogP contribution in [0.4, 0.5) is 4.79 Å². The number of hydrogen-bond acceptors (Lipinski definition) is 6. The van der Waals surface area contributed by atoms with E-state index >= 15 is 0 Å². The third-order valence-electron chi connectivity index (χ3n) is 4.49. The van der Waals surface area contributed by atoms with Gasteiger partial charge in [0.25, 0.3) is 5.56 Å². The maximum Gasteiger partial charge on any atom is 0.321 e. The van der Waals surface area contributed by atoms with Crippen molar-refractivity contribution >= 4 is 34.6 Å². The molecule has 1 aromatic heterocycles. The predicted octanol–water partition coefficient (Wildman–Crippen LogP) is 2.15. The van der Waals surface area contributed by atoms with Crippen molar-refractivity contribution in [3.63, 3.8) is 0 Å². The van der Waals surface area contributed by atoms with Crippen LogP contribution < -0.4 is 16.2 Å². The second-order valence-electron chi connectivity index (χ2n) is 7.40. The minimum atomic E-state index is -0.521. The van der Waals surface area contributed by atoms with Gasteiger partial charge in [0, 0.05) is 13.2 Å². The molecule has 0 aliphatic carbocycles. The molecule has 0 spiro atoms. The molecule has 2 aromatic rings. The quantitative estimate of drug-likeness (QED) is 0.528.